The Morgan fingerprint density at radius 2 is 1.79 bits per heavy atom. The molecule has 2 nitrogen and oxygen atoms in total. The van der Waals surface area contributed by atoms with Gasteiger partial charge in [0, 0.05) is 15.1 Å². The molecular weight excluding hydrogens is 324 g/mol. The normalized spacial score (nSPS) is 11.2. The van der Waals surface area contributed by atoms with Crippen LogP contribution in [0.1, 0.15) is 11.1 Å². The van der Waals surface area contributed by atoms with E-state index in [0.717, 1.165) is 26.9 Å². The molecule has 0 aliphatic carbocycles. The molecule has 3 rings (SSSR count). The number of nitrogens with one attached hydrogen (secondary N) is 1. The number of aromatic amines is 1. The van der Waals surface area contributed by atoms with Crippen LogP contribution >= 0.6 is 27.5 Å². The van der Waals surface area contributed by atoms with Gasteiger partial charge in [0.1, 0.15) is 5.82 Å². The predicted molar refractivity (Wildman–Crippen MR) is 83.7 cm³/mol. The maximum Gasteiger partial charge on any atom is 0.138 e. The molecule has 0 bridgehead atoms. The summed E-state index contributed by atoms with van der Waals surface area (Å²) < 4.78 is 0.947. The fraction of sp³-hybridized carbons (Fsp3) is 0.133. The van der Waals surface area contributed by atoms with Gasteiger partial charge in [-0.25, -0.2) is 4.98 Å². The van der Waals surface area contributed by atoms with Crippen LogP contribution in [0.5, 0.6) is 0 Å². The lowest BCUT2D eigenvalue weighted by Gasteiger charge is -1.99. The molecule has 96 valence electrons. The monoisotopic (exact) mass is 334 g/mol. The van der Waals surface area contributed by atoms with Gasteiger partial charge in [-0.3, -0.25) is 0 Å². The fourth-order valence-corrected chi connectivity index (χ4v) is 2.96. The SMILES string of the molecule is Cc1cc2nc(-c3cc(Cl)cc(Br)c3)[nH]c2cc1C. The number of nitrogens with zero attached hydrogens (tertiary/aromatic N) is 1. The molecule has 1 aromatic heterocycles. The number of hydrogen-bond acceptors (Lipinski definition) is 1. The third-order valence-electron chi connectivity index (χ3n) is 3.23. The molecule has 19 heavy (non-hydrogen) atoms. The summed E-state index contributed by atoms with van der Waals surface area (Å²) in [5, 5.41) is 0.692. The maximum atomic E-state index is 6.08. The van der Waals surface area contributed by atoms with Crippen molar-refractivity contribution in [3.8, 4) is 11.4 Å². The highest BCUT2D eigenvalue weighted by Crippen LogP contribution is 2.28. The lowest BCUT2D eigenvalue weighted by Crippen LogP contribution is -1.80. The number of hydrogen-bond donors (Lipinski definition) is 1. The molecule has 0 unspecified atom stereocenters. The van der Waals surface area contributed by atoms with Crippen molar-refractivity contribution in [3.63, 3.8) is 0 Å². The smallest absolute Gasteiger partial charge is 0.138 e. The molecule has 2 aromatic carbocycles. The maximum absolute atomic E-state index is 6.08. The minimum Gasteiger partial charge on any atom is -0.338 e. The predicted octanol–water partition coefficient (Wildman–Crippen LogP) is 5.26. The van der Waals surface area contributed by atoms with Crippen LogP contribution in [0.4, 0.5) is 0 Å². The summed E-state index contributed by atoms with van der Waals surface area (Å²) in [4.78, 5) is 7.98. The van der Waals surface area contributed by atoms with Gasteiger partial charge < -0.3 is 4.98 Å². The van der Waals surface area contributed by atoms with E-state index in [-0.39, 0.29) is 0 Å². The standard InChI is InChI=1S/C15H12BrClN2/c1-8-3-13-14(4-9(8)2)19-15(18-13)10-5-11(16)7-12(17)6-10/h3-7H,1-2H3,(H,18,19). The topological polar surface area (TPSA) is 28.7 Å². The van der Waals surface area contributed by atoms with Crippen LogP contribution < -0.4 is 0 Å². The van der Waals surface area contributed by atoms with Gasteiger partial charge in [-0.15, -0.1) is 0 Å². The lowest BCUT2D eigenvalue weighted by molar-refractivity contribution is 1.33. The summed E-state index contributed by atoms with van der Waals surface area (Å²) in [6.07, 6.45) is 0. The zero-order valence-electron chi connectivity index (χ0n) is 10.6. The zero-order valence-corrected chi connectivity index (χ0v) is 12.9. The first kappa shape index (κ1) is 12.7. The molecule has 0 aliphatic rings. The van der Waals surface area contributed by atoms with Crippen LogP contribution in [0.3, 0.4) is 0 Å². The van der Waals surface area contributed by atoms with Gasteiger partial charge in [-0.1, -0.05) is 27.5 Å². The third-order valence-corrected chi connectivity index (χ3v) is 3.91. The number of rotatable bonds is 1. The molecule has 0 saturated carbocycles. The van der Waals surface area contributed by atoms with Crippen molar-refractivity contribution in [1.29, 1.82) is 0 Å². The van der Waals surface area contributed by atoms with E-state index >= 15 is 0 Å². The Balaban J connectivity index is 2.20. The van der Waals surface area contributed by atoms with Gasteiger partial charge >= 0.3 is 0 Å². The molecule has 0 spiro atoms. The molecule has 0 amide bonds. The van der Waals surface area contributed by atoms with Crippen molar-refractivity contribution >= 4 is 38.6 Å². The largest absolute Gasteiger partial charge is 0.338 e. The minimum atomic E-state index is 0.692. The van der Waals surface area contributed by atoms with E-state index in [1.165, 1.54) is 11.1 Å². The van der Waals surface area contributed by atoms with Crippen LogP contribution in [-0.4, -0.2) is 9.97 Å². The van der Waals surface area contributed by atoms with Gasteiger partial charge in [-0.05, 0) is 55.3 Å². The molecule has 3 aromatic rings. The summed E-state index contributed by atoms with van der Waals surface area (Å²) in [6.45, 7) is 4.20. The second-order valence-electron chi connectivity index (χ2n) is 4.70. The number of benzene rings is 2. The van der Waals surface area contributed by atoms with Gasteiger partial charge in [-0.2, -0.15) is 0 Å². The van der Waals surface area contributed by atoms with Crippen LogP contribution in [0.25, 0.3) is 22.4 Å². The van der Waals surface area contributed by atoms with Gasteiger partial charge in [0.2, 0.25) is 0 Å². The van der Waals surface area contributed by atoms with Crippen LogP contribution in [0, 0.1) is 13.8 Å². The van der Waals surface area contributed by atoms with Gasteiger partial charge in [0.25, 0.3) is 0 Å². The summed E-state index contributed by atoms with van der Waals surface area (Å²) >= 11 is 9.53. The van der Waals surface area contributed by atoms with E-state index in [1.807, 2.05) is 18.2 Å². The first-order chi connectivity index (χ1) is 9.02. The Labute approximate surface area is 124 Å². The van der Waals surface area contributed by atoms with E-state index in [1.54, 1.807) is 0 Å². The molecule has 0 fully saturated rings. The number of fused-ring (bicyclic) bond motifs is 1. The molecule has 1 heterocycles. The summed E-state index contributed by atoms with van der Waals surface area (Å²) in [6, 6.07) is 10.0. The molecule has 0 aliphatic heterocycles. The van der Waals surface area contributed by atoms with Crippen molar-refractivity contribution in [2.75, 3.05) is 0 Å². The van der Waals surface area contributed by atoms with Crippen molar-refractivity contribution in [3.05, 3.63) is 51.0 Å². The van der Waals surface area contributed by atoms with Gasteiger partial charge in [0.05, 0.1) is 11.0 Å². The number of imidazole rings is 1. The van der Waals surface area contributed by atoms with Crippen molar-refractivity contribution in [2.24, 2.45) is 0 Å². The molecule has 1 N–H and O–H groups in total. The highest BCUT2D eigenvalue weighted by molar-refractivity contribution is 9.10. The minimum absolute atomic E-state index is 0.692. The van der Waals surface area contributed by atoms with E-state index in [4.69, 9.17) is 11.6 Å². The summed E-state index contributed by atoms with van der Waals surface area (Å²) in [7, 11) is 0. The van der Waals surface area contributed by atoms with E-state index in [0.29, 0.717) is 5.02 Å². The Morgan fingerprint density at radius 3 is 2.53 bits per heavy atom. The van der Waals surface area contributed by atoms with E-state index in [2.05, 4.69) is 51.9 Å². The van der Waals surface area contributed by atoms with Crippen molar-refractivity contribution < 1.29 is 0 Å². The molecule has 0 radical (unpaired) electrons. The Morgan fingerprint density at radius 1 is 1.05 bits per heavy atom. The molecule has 0 atom stereocenters. The van der Waals surface area contributed by atoms with Crippen LogP contribution in [0.15, 0.2) is 34.8 Å². The first-order valence-corrected chi connectivity index (χ1v) is 7.13. The number of aryl methyl sites for hydroxylation is 2. The van der Waals surface area contributed by atoms with Gasteiger partial charge in [0.15, 0.2) is 0 Å². The Kier molecular flexibility index (Phi) is 3.11. The highest BCUT2D eigenvalue weighted by Gasteiger charge is 2.08. The van der Waals surface area contributed by atoms with Crippen LogP contribution in [-0.2, 0) is 0 Å². The number of H-pyrrole nitrogens is 1. The summed E-state index contributed by atoms with van der Waals surface area (Å²) in [5.74, 6) is 0.836. The Bertz CT molecular complexity index is 718. The average molecular weight is 336 g/mol. The molecule has 4 heteroatoms. The zero-order chi connectivity index (χ0) is 13.6. The molecule has 0 saturated heterocycles. The second-order valence-corrected chi connectivity index (χ2v) is 6.05. The summed E-state index contributed by atoms with van der Waals surface area (Å²) in [5.41, 5.74) is 5.52. The highest BCUT2D eigenvalue weighted by atomic mass is 79.9. The van der Waals surface area contributed by atoms with E-state index in [9.17, 15) is 0 Å². The van der Waals surface area contributed by atoms with Crippen LogP contribution in [0.2, 0.25) is 5.02 Å². The number of halogens is 2. The van der Waals surface area contributed by atoms with Crippen molar-refractivity contribution in [1.82, 2.24) is 9.97 Å². The quantitative estimate of drug-likeness (QED) is 0.645. The first-order valence-electron chi connectivity index (χ1n) is 5.96. The Hall–Kier alpha value is -1.32. The lowest BCUT2D eigenvalue weighted by atomic mass is 10.1. The fourth-order valence-electron chi connectivity index (χ4n) is 2.10. The second kappa shape index (κ2) is 4.66. The third kappa shape index (κ3) is 2.40. The molecular formula is C15H12BrClN2. The number of aromatic nitrogens is 2. The van der Waals surface area contributed by atoms with Crippen molar-refractivity contribution in [2.45, 2.75) is 13.8 Å². The average Bonchev–Trinajstić information content (AvgIpc) is 2.71. The van der Waals surface area contributed by atoms with E-state index < -0.39 is 0 Å².